The maximum absolute atomic E-state index is 12.0. The molecular weight excluding hydrogens is 320 g/mol. The van der Waals surface area contributed by atoms with Gasteiger partial charge < -0.3 is 15.4 Å². The van der Waals surface area contributed by atoms with Crippen molar-refractivity contribution in [2.75, 3.05) is 6.61 Å². The minimum atomic E-state index is 0.00657. The van der Waals surface area contributed by atoms with Crippen LogP contribution in [0.1, 0.15) is 25.3 Å². The predicted molar refractivity (Wildman–Crippen MR) is 83.6 cm³/mol. The second-order valence-electron chi connectivity index (χ2n) is 4.99. The summed E-state index contributed by atoms with van der Waals surface area (Å²) in [4.78, 5) is 15.2. The number of benzene rings is 1. The van der Waals surface area contributed by atoms with Gasteiger partial charge in [-0.25, -0.2) is 0 Å². The predicted octanol–water partition coefficient (Wildman–Crippen LogP) is 2.75. The normalized spacial score (nSPS) is 12.6. The highest BCUT2D eigenvalue weighted by Crippen LogP contribution is 2.27. The van der Waals surface area contributed by atoms with E-state index in [1.54, 1.807) is 0 Å². The summed E-state index contributed by atoms with van der Waals surface area (Å²) in [5.41, 5.74) is 2.01. The lowest BCUT2D eigenvalue weighted by atomic mass is 10.1. The Morgan fingerprint density at radius 1 is 1.50 bits per heavy atom. The molecule has 0 fully saturated rings. The van der Waals surface area contributed by atoms with Gasteiger partial charge in [0.2, 0.25) is 5.91 Å². The zero-order valence-electron chi connectivity index (χ0n) is 11.4. The zero-order chi connectivity index (χ0) is 14.5. The first-order valence-corrected chi connectivity index (χ1v) is 7.56. The molecule has 3 N–H and O–H groups in total. The number of fused-ring (bicyclic) bond motifs is 1. The number of rotatable bonds is 6. The highest BCUT2D eigenvalue weighted by Gasteiger charge is 2.12. The van der Waals surface area contributed by atoms with Crippen molar-refractivity contribution >= 4 is 32.7 Å². The van der Waals surface area contributed by atoms with Crippen molar-refractivity contribution in [1.82, 2.24) is 10.3 Å². The van der Waals surface area contributed by atoms with Gasteiger partial charge in [-0.05, 0) is 37.5 Å². The van der Waals surface area contributed by atoms with Crippen LogP contribution in [-0.2, 0) is 11.2 Å². The van der Waals surface area contributed by atoms with Crippen LogP contribution < -0.4 is 5.32 Å². The summed E-state index contributed by atoms with van der Waals surface area (Å²) >= 11 is 3.52. The Balaban J connectivity index is 2.03. The van der Waals surface area contributed by atoms with E-state index >= 15 is 0 Å². The van der Waals surface area contributed by atoms with E-state index in [0.717, 1.165) is 27.4 Å². The molecule has 1 atom stereocenters. The maximum atomic E-state index is 12.0. The second-order valence-corrected chi connectivity index (χ2v) is 5.84. The maximum Gasteiger partial charge on any atom is 0.224 e. The first kappa shape index (κ1) is 15.1. The molecule has 0 aliphatic heterocycles. The number of aromatic nitrogens is 1. The van der Waals surface area contributed by atoms with Gasteiger partial charge in [-0.15, -0.1) is 0 Å². The van der Waals surface area contributed by atoms with Crippen LogP contribution in [0.4, 0.5) is 0 Å². The molecule has 2 aromatic rings. The van der Waals surface area contributed by atoms with Crippen molar-refractivity contribution in [3.05, 3.63) is 34.4 Å². The third-order valence-corrected chi connectivity index (χ3v) is 3.95. The number of hydrogen-bond donors (Lipinski definition) is 3. The molecule has 0 saturated carbocycles. The molecule has 108 valence electrons. The molecule has 0 spiro atoms. The fraction of sp³-hybridized carbons (Fsp3) is 0.400. The van der Waals surface area contributed by atoms with Crippen molar-refractivity contribution in [2.45, 2.75) is 32.2 Å². The highest BCUT2D eigenvalue weighted by atomic mass is 79.9. The van der Waals surface area contributed by atoms with Crippen LogP contribution >= 0.6 is 15.9 Å². The lowest BCUT2D eigenvalue weighted by Crippen LogP contribution is -2.33. The molecule has 1 aromatic heterocycles. The largest absolute Gasteiger partial charge is 0.396 e. The molecule has 1 aromatic carbocycles. The van der Waals surface area contributed by atoms with Gasteiger partial charge in [0.25, 0.3) is 0 Å². The molecule has 0 saturated heterocycles. The summed E-state index contributed by atoms with van der Waals surface area (Å²) in [6.07, 6.45) is 3.74. The summed E-state index contributed by atoms with van der Waals surface area (Å²) in [6.45, 7) is 2.12. The molecule has 4 nitrogen and oxygen atoms in total. The fourth-order valence-corrected chi connectivity index (χ4v) is 2.94. The quantitative estimate of drug-likeness (QED) is 0.758. The minimum absolute atomic E-state index is 0.00657. The Kier molecular flexibility index (Phi) is 5.20. The summed E-state index contributed by atoms with van der Waals surface area (Å²) in [5.74, 6) is 0.00657. The van der Waals surface area contributed by atoms with E-state index < -0.39 is 0 Å². The Bertz CT molecular complexity index is 595. The summed E-state index contributed by atoms with van der Waals surface area (Å²) in [5, 5.41) is 12.8. The highest BCUT2D eigenvalue weighted by molar-refractivity contribution is 9.10. The summed E-state index contributed by atoms with van der Waals surface area (Å²) < 4.78 is 0.993. The van der Waals surface area contributed by atoms with E-state index in [1.165, 1.54) is 0 Å². The van der Waals surface area contributed by atoms with Crippen molar-refractivity contribution in [3.8, 4) is 0 Å². The number of carbonyl (C=O) groups excluding carboxylic acids is 1. The van der Waals surface area contributed by atoms with E-state index in [-0.39, 0.29) is 18.6 Å². The van der Waals surface area contributed by atoms with Crippen LogP contribution in [0.5, 0.6) is 0 Å². The van der Waals surface area contributed by atoms with Gasteiger partial charge in [-0.1, -0.05) is 22.0 Å². The topological polar surface area (TPSA) is 65.1 Å². The molecule has 0 aliphatic rings. The molecule has 0 bridgehead atoms. The van der Waals surface area contributed by atoms with E-state index in [0.29, 0.717) is 12.8 Å². The number of nitrogens with one attached hydrogen (secondary N) is 2. The number of halogens is 1. The number of aromatic amines is 1. The van der Waals surface area contributed by atoms with Gasteiger partial charge in [-0.2, -0.15) is 0 Å². The number of H-pyrrole nitrogens is 1. The molecule has 2 rings (SSSR count). The number of amides is 1. The van der Waals surface area contributed by atoms with Gasteiger partial charge in [0.15, 0.2) is 0 Å². The van der Waals surface area contributed by atoms with Crippen molar-refractivity contribution in [2.24, 2.45) is 0 Å². The Hall–Kier alpha value is -1.33. The van der Waals surface area contributed by atoms with Crippen LogP contribution in [0.2, 0.25) is 0 Å². The number of aliphatic hydroxyl groups is 1. The molecule has 1 heterocycles. The monoisotopic (exact) mass is 338 g/mol. The minimum Gasteiger partial charge on any atom is -0.396 e. The average molecular weight is 339 g/mol. The van der Waals surface area contributed by atoms with Gasteiger partial charge in [0.05, 0.1) is 6.42 Å². The molecular formula is C15H19BrN2O2. The van der Waals surface area contributed by atoms with Crippen LogP contribution in [0.3, 0.4) is 0 Å². The SMILES string of the molecule is CC(CCCO)NC(=O)Cc1c[nH]c2cccc(Br)c12. The van der Waals surface area contributed by atoms with Crippen molar-refractivity contribution in [1.29, 1.82) is 0 Å². The third kappa shape index (κ3) is 3.61. The smallest absolute Gasteiger partial charge is 0.224 e. The van der Waals surface area contributed by atoms with Gasteiger partial charge in [0, 0.05) is 34.2 Å². The average Bonchev–Trinajstić information content (AvgIpc) is 2.81. The van der Waals surface area contributed by atoms with Crippen LogP contribution in [-0.4, -0.2) is 28.6 Å². The number of hydrogen-bond acceptors (Lipinski definition) is 2. The Morgan fingerprint density at radius 2 is 2.30 bits per heavy atom. The molecule has 1 amide bonds. The van der Waals surface area contributed by atoms with Crippen molar-refractivity contribution in [3.63, 3.8) is 0 Å². The molecule has 20 heavy (non-hydrogen) atoms. The first-order valence-electron chi connectivity index (χ1n) is 6.76. The van der Waals surface area contributed by atoms with Crippen LogP contribution in [0, 0.1) is 0 Å². The van der Waals surface area contributed by atoms with Crippen molar-refractivity contribution < 1.29 is 9.90 Å². The zero-order valence-corrected chi connectivity index (χ0v) is 13.0. The lowest BCUT2D eigenvalue weighted by molar-refractivity contribution is -0.121. The molecule has 0 radical (unpaired) electrons. The van der Waals surface area contributed by atoms with E-state index in [2.05, 4.69) is 26.2 Å². The molecule has 5 heteroatoms. The third-order valence-electron chi connectivity index (χ3n) is 3.29. The van der Waals surface area contributed by atoms with E-state index in [4.69, 9.17) is 5.11 Å². The van der Waals surface area contributed by atoms with Gasteiger partial charge in [-0.3, -0.25) is 4.79 Å². The van der Waals surface area contributed by atoms with Gasteiger partial charge in [0.1, 0.15) is 0 Å². The van der Waals surface area contributed by atoms with Crippen LogP contribution in [0.25, 0.3) is 10.9 Å². The number of aliphatic hydroxyl groups excluding tert-OH is 1. The molecule has 0 aliphatic carbocycles. The Labute approximate surface area is 126 Å². The lowest BCUT2D eigenvalue weighted by Gasteiger charge is -2.13. The van der Waals surface area contributed by atoms with Crippen LogP contribution in [0.15, 0.2) is 28.9 Å². The first-order chi connectivity index (χ1) is 9.61. The van der Waals surface area contributed by atoms with Gasteiger partial charge >= 0.3 is 0 Å². The Morgan fingerprint density at radius 3 is 3.05 bits per heavy atom. The second kappa shape index (κ2) is 6.90. The van der Waals surface area contributed by atoms with E-state index in [9.17, 15) is 4.79 Å². The molecule has 1 unspecified atom stereocenters. The van der Waals surface area contributed by atoms with E-state index in [1.807, 2.05) is 31.3 Å². The number of carbonyl (C=O) groups is 1. The summed E-state index contributed by atoms with van der Waals surface area (Å²) in [7, 11) is 0. The summed E-state index contributed by atoms with van der Waals surface area (Å²) in [6, 6.07) is 6.01. The fourth-order valence-electron chi connectivity index (χ4n) is 2.32. The standard InChI is InChI=1S/C15H19BrN2O2/c1-10(4-3-7-19)18-14(20)8-11-9-17-13-6-2-5-12(16)15(11)13/h2,5-6,9-10,17,19H,3-4,7-8H2,1H3,(H,18,20).